The first kappa shape index (κ1) is 11.5. The highest BCUT2D eigenvalue weighted by Crippen LogP contribution is 2.19. The van der Waals surface area contributed by atoms with Crippen molar-refractivity contribution in [2.75, 3.05) is 11.9 Å². The molecule has 0 bridgehead atoms. The van der Waals surface area contributed by atoms with Gasteiger partial charge in [-0.25, -0.2) is 0 Å². The summed E-state index contributed by atoms with van der Waals surface area (Å²) < 4.78 is 0. The number of carbonyl (C=O) groups excluding carboxylic acids is 1. The largest absolute Gasteiger partial charge is 0.379 e. The molecule has 2 rings (SSSR count). The summed E-state index contributed by atoms with van der Waals surface area (Å²) in [6, 6.07) is 8.09. The van der Waals surface area contributed by atoms with Crippen LogP contribution in [-0.4, -0.2) is 18.5 Å². The van der Waals surface area contributed by atoms with Crippen molar-refractivity contribution in [2.45, 2.75) is 25.8 Å². The van der Waals surface area contributed by atoms with Crippen LogP contribution in [-0.2, 0) is 4.79 Å². The van der Waals surface area contributed by atoms with E-state index >= 15 is 0 Å². The molecule has 0 radical (unpaired) electrons. The van der Waals surface area contributed by atoms with Crippen LogP contribution in [0.2, 0.25) is 0 Å². The van der Waals surface area contributed by atoms with Gasteiger partial charge in [-0.15, -0.1) is 0 Å². The fraction of sp³-hybridized carbons (Fsp3) is 0.385. The molecule has 1 fully saturated rings. The zero-order valence-corrected chi connectivity index (χ0v) is 9.79. The van der Waals surface area contributed by atoms with E-state index in [0.29, 0.717) is 18.5 Å². The number of piperidine rings is 1. The zero-order chi connectivity index (χ0) is 12.3. The minimum atomic E-state index is 0.104. The lowest BCUT2D eigenvalue weighted by molar-refractivity contribution is -0.122. The average molecular weight is 229 g/mol. The number of hydrogen-bond acceptors (Lipinski definition) is 3. The topological polar surface area (TPSA) is 64.9 Å². The molecule has 1 aliphatic heterocycles. The van der Waals surface area contributed by atoms with Gasteiger partial charge in [0.25, 0.3) is 0 Å². The van der Waals surface area contributed by atoms with E-state index in [-0.39, 0.29) is 11.9 Å². The molecule has 0 saturated carbocycles. The predicted octanol–water partition coefficient (Wildman–Crippen LogP) is 1.56. The van der Waals surface area contributed by atoms with Crippen molar-refractivity contribution < 1.29 is 4.79 Å². The number of amides is 1. The third kappa shape index (κ3) is 2.76. The number of nitrogens with one attached hydrogen (secondary N) is 2. The molecule has 1 aliphatic rings. The summed E-state index contributed by atoms with van der Waals surface area (Å²) in [4.78, 5) is 11.0. The molecule has 4 nitrogen and oxygen atoms in total. The van der Waals surface area contributed by atoms with E-state index in [4.69, 9.17) is 5.26 Å². The summed E-state index contributed by atoms with van der Waals surface area (Å²) in [5.74, 6) is 0.104. The second-order valence-corrected chi connectivity index (χ2v) is 4.34. The minimum Gasteiger partial charge on any atom is -0.379 e. The molecule has 0 aliphatic carbocycles. The Morgan fingerprint density at radius 2 is 2.35 bits per heavy atom. The number of aryl methyl sites for hydroxylation is 1. The molecule has 2 N–H and O–H groups in total. The van der Waals surface area contributed by atoms with Gasteiger partial charge in [0.2, 0.25) is 5.91 Å². The SMILES string of the molecule is Cc1ccc(C#N)c(NC2CCC(=O)NC2)c1. The molecular weight excluding hydrogens is 214 g/mol. The summed E-state index contributed by atoms with van der Waals surface area (Å²) >= 11 is 0. The Kier molecular flexibility index (Phi) is 3.29. The molecular formula is C13H15N3O. The van der Waals surface area contributed by atoms with E-state index in [9.17, 15) is 4.79 Å². The smallest absolute Gasteiger partial charge is 0.220 e. The van der Waals surface area contributed by atoms with Crippen molar-refractivity contribution in [1.29, 1.82) is 5.26 Å². The predicted molar refractivity (Wildman–Crippen MR) is 65.5 cm³/mol. The van der Waals surface area contributed by atoms with Crippen molar-refractivity contribution in [3.63, 3.8) is 0 Å². The normalized spacial score (nSPS) is 19.3. The molecule has 1 atom stereocenters. The Bertz CT molecular complexity index is 466. The van der Waals surface area contributed by atoms with E-state index < -0.39 is 0 Å². The van der Waals surface area contributed by atoms with Crippen LogP contribution in [0, 0.1) is 18.3 Å². The number of nitriles is 1. The Balaban J connectivity index is 2.10. The maximum atomic E-state index is 11.0. The lowest BCUT2D eigenvalue weighted by Gasteiger charge is -2.25. The van der Waals surface area contributed by atoms with Crippen LogP contribution < -0.4 is 10.6 Å². The number of nitrogens with zero attached hydrogens (tertiary/aromatic N) is 1. The van der Waals surface area contributed by atoms with Crippen LogP contribution in [0.3, 0.4) is 0 Å². The highest BCUT2D eigenvalue weighted by atomic mass is 16.1. The highest BCUT2D eigenvalue weighted by Gasteiger charge is 2.18. The van der Waals surface area contributed by atoms with Crippen LogP contribution in [0.25, 0.3) is 0 Å². The fourth-order valence-corrected chi connectivity index (χ4v) is 1.95. The van der Waals surface area contributed by atoms with E-state index in [2.05, 4.69) is 16.7 Å². The average Bonchev–Trinajstić information content (AvgIpc) is 2.32. The van der Waals surface area contributed by atoms with Gasteiger partial charge in [-0.05, 0) is 31.0 Å². The number of rotatable bonds is 2. The zero-order valence-electron chi connectivity index (χ0n) is 9.79. The number of anilines is 1. The maximum Gasteiger partial charge on any atom is 0.220 e. The molecule has 88 valence electrons. The summed E-state index contributed by atoms with van der Waals surface area (Å²) in [5, 5.41) is 15.2. The lowest BCUT2D eigenvalue weighted by atomic mass is 10.0. The first-order chi connectivity index (χ1) is 8.19. The first-order valence-corrected chi connectivity index (χ1v) is 5.73. The molecule has 1 saturated heterocycles. The molecule has 0 spiro atoms. The summed E-state index contributed by atoms with van der Waals surface area (Å²) in [6.45, 7) is 2.62. The Morgan fingerprint density at radius 1 is 1.53 bits per heavy atom. The first-order valence-electron chi connectivity index (χ1n) is 5.73. The maximum absolute atomic E-state index is 11.0. The van der Waals surface area contributed by atoms with E-state index in [0.717, 1.165) is 17.7 Å². The highest BCUT2D eigenvalue weighted by molar-refractivity contribution is 5.77. The fourth-order valence-electron chi connectivity index (χ4n) is 1.95. The summed E-state index contributed by atoms with van der Waals surface area (Å²) in [7, 11) is 0. The molecule has 1 aromatic rings. The van der Waals surface area contributed by atoms with Crippen molar-refractivity contribution >= 4 is 11.6 Å². The molecule has 1 amide bonds. The van der Waals surface area contributed by atoms with E-state index in [1.165, 1.54) is 0 Å². The third-order valence-electron chi connectivity index (χ3n) is 2.92. The lowest BCUT2D eigenvalue weighted by Crippen LogP contribution is -2.42. The van der Waals surface area contributed by atoms with Crippen LogP contribution in [0.4, 0.5) is 5.69 Å². The van der Waals surface area contributed by atoms with Crippen molar-refractivity contribution in [1.82, 2.24) is 5.32 Å². The molecule has 1 unspecified atom stereocenters. The van der Waals surface area contributed by atoms with Gasteiger partial charge < -0.3 is 10.6 Å². The standard InChI is InChI=1S/C13H15N3O/c1-9-2-3-10(7-14)12(6-9)16-11-4-5-13(17)15-8-11/h2-3,6,11,16H,4-5,8H2,1H3,(H,15,17). The van der Waals surface area contributed by atoms with Gasteiger partial charge in [-0.2, -0.15) is 5.26 Å². The van der Waals surface area contributed by atoms with Crippen LogP contribution in [0.15, 0.2) is 18.2 Å². The monoisotopic (exact) mass is 229 g/mol. The van der Waals surface area contributed by atoms with Gasteiger partial charge in [0.1, 0.15) is 6.07 Å². The summed E-state index contributed by atoms with van der Waals surface area (Å²) in [6.07, 6.45) is 1.36. The van der Waals surface area contributed by atoms with Crippen molar-refractivity contribution in [3.05, 3.63) is 29.3 Å². The van der Waals surface area contributed by atoms with E-state index in [1.54, 1.807) is 0 Å². The minimum absolute atomic E-state index is 0.104. The van der Waals surface area contributed by atoms with Crippen molar-refractivity contribution in [2.24, 2.45) is 0 Å². The van der Waals surface area contributed by atoms with Gasteiger partial charge in [0.15, 0.2) is 0 Å². The number of benzene rings is 1. The molecule has 1 aromatic carbocycles. The van der Waals surface area contributed by atoms with Gasteiger partial charge >= 0.3 is 0 Å². The van der Waals surface area contributed by atoms with Crippen molar-refractivity contribution in [3.8, 4) is 6.07 Å². The Labute approximate surface area is 101 Å². The van der Waals surface area contributed by atoms with Gasteiger partial charge in [-0.1, -0.05) is 6.07 Å². The Hall–Kier alpha value is -2.02. The van der Waals surface area contributed by atoms with Gasteiger partial charge in [0.05, 0.1) is 11.3 Å². The molecule has 0 aromatic heterocycles. The second-order valence-electron chi connectivity index (χ2n) is 4.34. The van der Waals surface area contributed by atoms with E-state index in [1.807, 2.05) is 25.1 Å². The third-order valence-corrected chi connectivity index (χ3v) is 2.92. The molecule has 4 heteroatoms. The number of hydrogen-bond donors (Lipinski definition) is 2. The van der Waals surface area contributed by atoms with Crippen LogP contribution in [0.5, 0.6) is 0 Å². The Morgan fingerprint density at radius 3 is 3.00 bits per heavy atom. The van der Waals surface area contributed by atoms with Crippen LogP contribution in [0.1, 0.15) is 24.0 Å². The van der Waals surface area contributed by atoms with Gasteiger partial charge in [0, 0.05) is 19.0 Å². The van der Waals surface area contributed by atoms with Crippen LogP contribution >= 0.6 is 0 Å². The summed E-state index contributed by atoms with van der Waals surface area (Å²) in [5.41, 5.74) is 2.62. The quantitative estimate of drug-likeness (QED) is 0.808. The van der Waals surface area contributed by atoms with Gasteiger partial charge in [-0.3, -0.25) is 4.79 Å². The number of carbonyl (C=O) groups is 1. The second kappa shape index (κ2) is 4.88. The molecule has 1 heterocycles. The molecule has 17 heavy (non-hydrogen) atoms.